The van der Waals surface area contributed by atoms with Gasteiger partial charge >= 0.3 is 0 Å². The van der Waals surface area contributed by atoms with Crippen molar-refractivity contribution in [1.82, 2.24) is 9.21 Å². The Bertz CT molecular complexity index is 919. The van der Waals surface area contributed by atoms with Crippen molar-refractivity contribution in [3.8, 4) is 0 Å². The second-order valence-corrected chi connectivity index (χ2v) is 8.59. The number of hydrogen-bond acceptors (Lipinski definition) is 3. The van der Waals surface area contributed by atoms with Crippen LogP contribution in [-0.4, -0.2) is 48.9 Å². The summed E-state index contributed by atoms with van der Waals surface area (Å²) in [5.74, 6) is 0. The van der Waals surface area contributed by atoms with E-state index in [1.54, 1.807) is 6.08 Å². The molecule has 1 fully saturated rings. The highest BCUT2D eigenvalue weighted by atomic mass is 32.2. The molecule has 1 aliphatic rings. The van der Waals surface area contributed by atoms with Crippen LogP contribution < -0.4 is 5.32 Å². The number of aryl methyl sites for hydroxylation is 1. The number of piperazine rings is 1. The molecule has 0 amide bonds. The van der Waals surface area contributed by atoms with E-state index in [2.05, 4.69) is 5.32 Å². The zero-order chi connectivity index (χ0) is 19.3. The Morgan fingerprint density at radius 2 is 1.63 bits per heavy atom. The fourth-order valence-corrected chi connectivity index (χ4v) is 4.33. The molecule has 1 saturated heterocycles. The summed E-state index contributed by atoms with van der Waals surface area (Å²) in [4.78, 5) is 2.01. The number of nitrogens with one attached hydrogen (secondary N) is 1. The Morgan fingerprint density at radius 1 is 1.00 bits per heavy atom. The van der Waals surface area contributed by atoms with Gasteiger partial charge in [0.25, 0.3) is 0 Å². The Morgan fingerprint density at radius 3 is 2.30 bits per heavy atom. The van der Waals surface area contributed by atoms with Crippen LogP contribution in [0.1, 0.15) is 11.1 Å². The summed E-state index contributed by atoms with van der Waals surface area (Å²) in [6, 6.07) is 17.4. The third-order valence-electron chi connectivity index (χ3n) is 4.50. The number of hydrogen-bond donors (Lipinski definition) is 1. The number of rotatable bonds is 4. The summed E-state index contributed by atoms with van der Waals surface area (Å²) in [5.41, 5.74) is 2.96. The predicted molar refractivity (Wildman–Crippen MR) is 115 cm³/mol. The van der Waals surface area contributed by atoms with E-state index in [1.807, 2.05) is 66.4 Å². The first kappa shape index (κ1) is 19.5. The van der Waals surface area contributed by atoms with Crippen molar-refractivity contribution in [3.05, 3.63) is 71.1 Å². The fourth-order valence-electron chi connectivity index (χ4n) is 2.87. The van der Waals surface area contributed by atoms with Gasteiger partial charge in [-0.05, 0) is 42.4 Å². The first-order chi connectivity index (χ1) is 13.0. The van der Waals surface area contributed by atoms with Gasteiger partial charge in [0, 0.05) is 37.3 Å². The normalized spacial score (nSPS) is 15.8. The third-order valence-corrected chi connectivity index (χ3v) is 6.43. The van der Waals surface area contributed by atoms with Crippen LogP contribution in [0.25, 0.3) is 6.08 Å². The summed E-state index contributed by atoms with van der Waals surface area (Å²) in [6.07, 6.45) is 1.63. The van der Waals surface area contributed by atoms with Crippen LogP contribution in [0.4, 0.5) is 5.69 Å². The molecule has 3 rings (SSSR count). The molecule has 0 radical (unpaired) electrons. The summed E-state index contributed by atoms with van der Waals surface area (Å²) < 4.78 is 26.6. The summed E-state index contributed by atoms with van der Waals surface area (Å²) in [5, 5.41) is 5.16. The molecule has 1 aliphatic heterocycles. The number of sulfonamides is 1. The summed E-state index contributed by atoms with van der Waals surface area (Å²) >= 11 is 5.50. The van der Waals surface area contributed by atoms with Crippen molar-refractivity contribution in [1.29, 1.82) is 0 Å². The lowest BCUT2D eigenvalue weighted by Gasteiger charge is -2.35. The van der Waals surface area contributed by atoms with Gasteiger partial charge in [-0.3, -0.25) is 0 Å². The SMILES string of the molecule is Cc1ccccc1NC(=S)N1CCN(S(=O)(=O)C=Cc2ccccc2)CC1. The number of para-hydroxylation sites is 1. The molecular formula is C20H23N3O2S2. The van der Waals surface area contributed by atoms with Gasteiger partial charge in [0.05, 0.1) is 0 Å². The number of nitrogens with zero attached hydrogens (tertiary/aromatic N) is 2. The van der Waals surface area contributed by atoms with Crippen molar-refractivity contribution < 1.29 is 8.42 Å². The van der Waals surface area contributed by atoms with Crippen LogP contribution in [0.2, 0.25) is 0 Å². The van der Waals surface area contributed by atoms with E-state index in [0.717, 1.165) is 16.8 Å². The van der Waals surface area contributed by atoms with Crippen LogP contribution in [0, 0.1) is 6.92 Å². The lowest BCUT2D eigenvalue weighted by molar-refractivity contribution is 0.270. The van der Waals surface area contributed by atoms with Gasteiger partial charge in [-0.15, -0.1) is 0 Å². The van der Waals surface area contributed by atoms with Gasteiger partial charge in [0.15, 0.2) is 5.11 Å². The van der Waals surface area contributed by atoms with E-state index in [-0.39, 0.29) is 0 Å². The van der Waals surface area contributed by atoms with Gasteiger partial charge < -0.3 is 10.2 Å². The second-order valence-electron chi connectivity index (χ2n) is 6.39. The zero-order valence-corrected chi connectivity index (χ0v) is 16.8. The number of benzene rings is 2. The van der Waals surface area contributed by atoms with Crippen molar-refractivity contribution >= 4 is 39.1 Å². The minimum absolute atomic E-state index is 0.414. The van der Waals surface area contributed by atoms with Gasteiger partial charge in [0.2, 0.25) is 10.0 Å². The van der Waals surface area contributed by atoms with Crippen molar-refractivity contribution in [3.63, 3.8) is 0 Å². The van der Waals surface area contributed by atoms with Crippen LogP contribution in [0.3, 0.4) is 0 Å². The van der Waals surface area contributed by atoms with Crippen LogP contribution in [0.5, 0.6) is 0 Å². The molecule has 0 bridgehead atoms. The molecule has 142 valence electrons. The van der Waals surface area contributed by atoms with Crippen LogP contribution in [-0.2, 0) is 10.0 Å². The molecule has 5 nitrogen and oxygen atoms in total. The van der Waals surface area contributed by atoms with E-state index in [1.165, 1.54) is 9.71 Å². The average Bonchev–Trinajstić information content (AvgIpc) is 2.69. The van der Waals surface area contributed by atoms with E-state index >= 15 is 0 Å². The monoisotopic (exact) mass is 401 g/mol. The van der Waals surface area contributed by atoms with Gasteiger partial charge in [-0.2, -0.15) is 4.31 Å². The molecule has 1 heterocycles. The maximum atomic E-state index is 12.5. The highest BCUT2D eigenvalue weighted by Gasteiger charge is 2.26. The Labute approximate surface area is 166 Å². The lowest BCUT2D eigenvalue weighted by Crippen LogP contribution is -2.51. The smallest absolute Gasteiger partial charge is 0.236 e. The molecule has 0 spiro atoms. The van der Waals surface area contributed by atoms with Crippen LogP contribution >= 0.6 is 12.2 Å². The molecule has 7 heteroatoms. The molecular weight excluding hydrogens is 378 g/mol. The van der Waals surface area contributed by atoms with Gasteiger partial charge in [-0.1, -0.05) is 48.5 Å². The molecule has 1 N–H and O–H groups in total. The average molecular weight is 402 g/mol. The lowest BCUT2D eigenvalue weighted by atomic mass is 10.2. The maximum Gasteiger partial charge on any atom is 0.236 e. The molecule has 0 aromatic heterocycles. The van der Waals surface area contributed by atoms with E-state index in [9.17, 15) is 8.42 Å². The highest BCUT2D eigenvalue weighted by molar-refractivity contribution is 7.92. The molecule has 0 aliphatic carbocycles. The first-order valence-electron chi connectivity index (χ1n) is 8.80. The predicted octanol–water partition coefficient (Wildman–Crippen LogP) is 3.31. The minimum Gasteiger partial charge on any atom is -0.346 e. The molecule has 0 unspecified atom stereocenters. The van der Waals surface area contributed by atoms with E-state index in [0.29, 0.717) is 31.3 Å². The molecule has 0 saturated carbocycles. The topological polar surface area (TPSA) is 52.6 Å². The van der Waals surface area contributed by atoms with Crippen LogP contribution in [0.15, 0.2) is 60.0 Å². The third kappa shape index (κ3) is 5.15. The first-order valence-corrected chi connectivity index (χ1v) is 10.7. The van der Waals surface area contributed by atoms with E-state index in [4.69, 9.17) is 12.2 Å². The van der Waals surface area contributed by atoms with Gasteiger partial charge in [-0.25, -0.2) is 8.42 Å². The molecule has 2 aromatic carbocycles. The summed E-state index contributed by atoms with van der Waals surface area (Å²) in [7, 11) is -3.43. The van der Waals surface area contributed by atoms with Crippen molar-refractivity contribution in [2.24, 2.45) is 0 Å². The summed E-state index contributed by atoms with van der Waals surface area (Å²) in [6.45, 7) is 3.98. The minimum atomic E-state index is -3.43. The maximum absolute atomic E-state index is 12.5. The Hall–Kier alpha value is -2.22. The molecule has 2 aromatic rings. The Kier molecular flexibility index (Phi) is 6.26. The Balaban J connectivity index is 1.57. The van der Waals surface area contributed by atoms with Gasteiger partial charge in [0.1, 0.15) is 0 Å². The quantitative estimate of drug-likeness (QED) is 0.797. The van der Waals surface area contributed by atoms with E-state index < -0.39 is 10.0 Å². The van der Waals surface area contributed by atoms with Crippen molar-refractivity contribution in [2.45, 2.75) is 6.92 Å². The largest absolute Gasteiger partial charge is 0.346 e. The molecule has 27 heavy (non-hydrogen) atoms. The highest BCUT2D eigenvalue weighted by Crippen LogP contribution is 2.16. The zero-order valence-electron chi connectivity index (χ0n) is 15.2. The fraction of sp³-hybridized carbons (Fsp3) is 0.250. The van der Waals surface area contributed by atoms with Crippen molar-refractivity contribution in [2.75, 3.05) is 31.5 Å². The molecule has 0 atom stereocenters. The second kappa shape index (κ2) is 8.65. The number of anilines is 1. The number of thiocarbonyl (C=S) groups is 1. The standard InChI is InChI=1S/C20H23N3O2S2/c1-17-7-5-6-10-19(17)21-20(26)22-12-14-23(15-13-22)27(24,25)16-11-18-8-3-2-4-9-18/h2-11,16H,12-15H2,1H3,(H,21,26).